The summed E-state index contributed by atoms with van der Waals surface area (Å²) in [5.41, 5.74) is 13.7. The van der Waals surface area contributed by atoms with Crippen molar-refractivity contribution in [3.63, 3.8) is 0 Å². The highest BCUT2D eigenvalue weighted by atomic mass is 15.6. The highest BCUT2D eigenvalue weighted by molar-refractivity contribution is 5.68. The van der Waals surface area contributed by atoms with E-state index in [2.05, 4.69) is 22.4 Å². The monoisotopic (exact) mass is 230 g/mol. The van der Waals surface area contributed by atoms with Crippen molar-refractivity contribution >= 4 is 11.4 Å². The van der Waals surface area contributed by atoms with Crippen molar-refractivity contribution in [3.8, 4) is 11.4 Å². The fraction of sp³-hybridized carbons (Fsp3) is 0.364. The van der Waals surface area contributed by atoms with Gasteiger partial charge in [-0.2, -0.15) is 0 Å². The third-order valence-electron chi connectivity index (χ3n) is 3.11. The summed E-state index contributed by atoms with van der Waals surface area (Å²) in [6.45, 7) is 2.18. The van der Waals surface area contributed by atoms with Gasteiger partial charge >= 0.3 is 0 Å². The lowest BCUT2D eigenvalue weighted by molar-refractivity contribution is 0.584. The fourth-order valence-electron chi connectivity index (χ4n) is 2.06. The van der Waals surface area contributed by atoms with Gasteiger partial charge in [0.1, 0.15) is 0 Å². The standard InChI is InChI=1S/C11H14N6/c1-6-2-10(6)17-11(14-15-16-17)7-3-8(12)5-9(13)4-7/h3-6,10H,2,12-13H2,1H3. The van der Waals surface area contributed by atoms with E-state index in [1.807, 2.05) is 16.8 Å². The minimum Gasteiger partial charge on any atom is -0.399 e. The van der Waals surface area contributed by atoms with Crippen molar-refractivity contribution in [2.24, 2.45) is 5.92 Å². The predicted octanol–water partition coefficient (Wildman–Crippen LogP) is 1.09. The Kier molecular flexibility index (Phi) is 2.04. The highest BCUT2D eigenvalue weighted by Gasteiger charge is 2.37. The first-order valence-electron chi connectivity index (χ1n) is 5.59. The molecule has 1 aromatic heterocycles. The molecule has 1 fully saturated rings. The maximum atomic E-state index is 5.78. The molecule has 1 aromatic carbocycles. The summed E-state index contributed by atoms with van der Waals surface area (Å²) in [5, 5.41) is 11.8. The molecule has 0 spiro atoms. The molecule has 2 unspecified atom stereocenters. The van der Waals surface area contributed by atoms with Gasteiger partial charge in [-0.15, -0.1) is 5.10 Å². The first-order valence-corrected chi connectivity index (χ1v) is 5.59. The second-order valence-electron chi connectivity index (χ2n) is 4.62. The Morgan fingerprint density at radius 3 is 2.47 bits per heavy atom. The van der Waals surface area contributed by atoms with E-state index in [0.717, 1.165) is 17.8 Å². The maximum Gasteiger partial charge on any atom is 0.182 e. The Morgan fingerprint density at radius 1 is 1.24 bits per heavy atom. The molecular weight excluding hydrogens is 216 g/mol. The van der Waals surface area contributed by atoms with E-state index < -0.39 is 0 Å². The van der Waals surface area contributed by atoms with Gasteiger partial charge in [-0.3, -0.25) is 0 Å². The number of tetrazole rings is 1. The summed E-state index contributed by atoms with van der Waals surface area (Å²) in [4.78, 5) is 0. The zero-order chi connectivity index (χ0) is 12.0. The molecule has 6 nitrogen and oxygen atoms in total. The third-order valence-corrected chi connectivity index (χ3v) is 3.11. The minimum absolute atomic E-state index is 0.405. The molecule has 0 amide bonds. The predicted molar refractivity (Wildman–Crippen MR) is 64.9 cm³/mol. The molecule has 1 aliphatic rings. The largest absolute Gasteiger partial charge is 0.399 e. The summed E-state index contributed by atoms with van der Waals surface area (Å²) in [7, 11) is 0. The number of benzene rings is 1. The molecule has 0 aliphatic heterocycles. The molecule has 1 saturated carbocycles. The van der Waals surface area contributed by atoms with Gasteiger partial charge < -0.3 is 11.5 Å². The SMILES string of the molecule is CC1CC1n1nnnc1-c1cc(N)cc(N)c1. The van der Waals surface area contributed by atoms with E-state index in [9.17, 15) is 0 Å². The zero-order valence-electron chi connectivity index (χ0n) is 9.54. The van der Waals surface area contributed by atoms with Crippen LogP contribution < -0.4 is 11.5 Å². The van der Waals surface area contributed by atoms with Crippen molar-refractivity contribution in [2.75, 3.05) is 11.5 Å². The average Bonchev–Trinajstić information content (AvgIpc) is 2.79. The molecule has 0 bridgehead atoms. The van der Waals surface area contributed by atoms with E-state index >= 15 is 0 Å². The Labute approximate surface area is 98.6 Å². The van der Waals surface area contributed by atoms with Gasteiger partial charge in [-0.05, 0) is 41.0 Å². The van der Waals surface area contributed by atoms with Crippen molar-refractivity contribution in [3.05, 3.63) is 18.2 Å². The summed E-state index contributed by atoms with van der Waals surface area (Å²) in [6, 6.07) is 5.80. The van der Waals surface area contributed by atoms with Gasteiger partial charge in [-0.1, -0.05) is 6.92 Å². The Morgan fingerprint density at radius 2 is 1.88 bits per heavy atom. The lowest BCUT2D eigenvalue weighted by atomic mass is 10.1. The number of hydrogen-bond acceptors (Lipinski definition) is 5. The molecular formula is C11H14N6. The average molecular weight is 230 g/mol. The number of rotatable bonds is 2. The van der Waals surface area contributed by atoms with Crippen LogP contribution in [0.1, 0.15) is 19.4 Å². The highest BCUT2D eigenvalue weighted by Crippen LogP contribution is 2.43. The van der Waals surface area contributed by atoms with Crippen molar-refractivity contribution in [2.45, 2.75) is 19.4 Å². The summed E-state index contributed by atoms with van der Waals surface area (Å²) in [5.74, 6) is 1.37. The van der Waals surface area contributed by atoms with E-state index in [1.54, 1.807) is 6.07 Å². The second-order valence-corrected chi connectivity index (χ2v) is 4.62. The van der Waals surface area contributed by atoms with Crippen LogP contribution in [0.2, 0.25) is 0 Å². The van der Waals surface area contributed by atoms with Crippen LogP contribution in [0.4, 0.5) is 11.4 Å². The second kappa shape index (κ2) is 3.44. The van der Waals surface area contributed by atoms with Crippen LogP contribution in [0.25, 0.3) is 11.4 Å². The molecule has 1 aliphatic carbocycles. The van der Waals surface area contributed by atoms with Crippen LogP contribution in [-0.2, 0) is 0 Å². The molecule has 0 radical (unpaired) electrons. The van der Waals surface area contributed by atoms with Gasteiger partial charge in [0, 0.05) is 16.9 Å². The minimum atomic E-state index is 0.405. The molecule has 2 atom stereocenters. The lowest BCUT2D eigenvalue weighted by Crippen LogP contribution is -2.02. The first-order chi connectivity index (χ1) is 8.15. The first kappa shape index (κ1) is 10.1. The molecule has 1 heterocycles. The Hall–Kier alpha value is -2.11. The van der Waals surface area contributed by atoms with Gasteiger partial charge in [0.15, 0.2) is 5.82 Å². The van der Waals surface area contributed by atoms with Gasteiger partial charge in [0.05, 0.1) is 6.04 Å². The molecule has 2 aromatic rings. The molecule has 6 heteroatoms. The van der Waals surface area contributed by atoms with Crippen molar-refractivity contribution in [1.29, 1.82) is 0 Å². The van der Waals surface area contributed by atoms with Gasteiger partial charge in [0.2, 0.25) is 0 Å². The fourth-order valence-corrected chi connectivity index (χ4v) is 2.06. The summed E-state index contributed by atoms with van der Waals surface area (Å²) >= 11 is 0. The maximum absolute atomic E-state index is 5.78. The smallest absolute Gasteiger partial charge is 0.182 e. The molecule has 4 N–H and O–H groups in total. The normalized spacial score (nSPS) is 22.6. The van der Waals surface area contributed by atoms with Crippen LogP contribution >= 0.6 is 0 Å². The van der Waals surface area contributed by atoms with Crippen LogP contribution in [-0.4, -0.2) is 20.2 Å². The van der Waals surface area contributed by atoms with Crippen molar-refractivity contribution in [1.82, 2.24) is 20.2 Å². The molecule has 0 saturated heterocycles. The number of nitrogens with two attached hydrogens (primary N) is 2. The quantitative estimate of drug-likeness (QED) is 0.753. The van der Waals surface area contributed by atoms with E-state index in [0.29, 0.717) is 23.3 Å². The van der Waals surface area contributed by atoms with E-state index in [1.165, 1.54) is 0 Å². The van der Waals surface area contributed by atoms with E-state index in [4.69, 9.17) is 11.5 Å². The summed E-state index contributed by atoms with van der Waals surface area (Å²) in [6.07, 6.45) is 1.12. The van der Waals surface area contributed by atoms with E-state index in [-0.39, 0.29) is 0 Å². The summed E-state index contributed by atoms with van der Waals surface area (Å²) < 4.78 is 1.86. The lowest BCUT2D eigenvalue weighted by Gasteiger charge is -2.05. The molecule has 88 valence electrons. The van der Waals surface area contributed by atoms with Crippen LogP contribution in [0.3, 0.4) is 0 Å². The van der Waals surface area contributed by atoms with Crippen molar-refractivity contribution < 1.29 is 0 Å². The van der Waals surface area contributed by atoms with Gasteiger partial charge in [-0.25, -0.2) is 4.68 Å². The van der Waals surface area contributed by atoms with Crippen LogP contribution in [0.5, 0.6) is 0 Å². The molecule has 17 heavy (non-hydrogen) atoms. The number of anilines is 2. The third kappa shape index (κ3) is 1.71. The topological polar surface area (TPSA) is 95.6 Å². The Balaban J connectivity index is 2.06. The van der Waals surface area contributed by atoms with Crippen LogP contribution in [0, 0.1) is 5.92 Å². The number of nitrogens with zero attached hydrogens (tertiary/aromatic N) is 4. The van der Waals surface area contributed by atoms with Gasteiger partial charge in [0.25, 0.3) is 0 Å². The molecule has 3 rings (SSSR count). The van der Waals surface area contributed by atoms with Crippen LogP contribution in [0.15, 0.2) is 18.2 Å². The number of hydrogen-bond donors (Lipinski definition) is 2. The Bertz CT molecular complexity index is 541. The number of nitrogen functional groups attached to an aromatic ring is 2. The zero-order valence-corrected chi connectivity index (χ0v) is 9.54. The number of aromatic nitrogens is 4.